The van der Waals surface area contributed by atoms with Crippen LogP contribution in [0.15, 0.2) is 16.5 Å². The molecule has 1 aromatic heterocycles. The Morgan fingerprint density at radius 3 is 2.52 bits per heavy atom. The van der Waals surface area contributed by atoms with Crippen molar-refractivity contribution in [1.29, 1.82) is 0 Å². The van der Waals surface area contributed by atoms with E-state index < -0.39 is 5.60 Å². The van der Waals surface area contributed by atoms with Crippen LogP contribution in [0.5, 0.6) is 0 Å². The molecule has 0 radical (unpaired) electrons. The number of aliphatic hydroxyl groups is 1. The van der Waals surface area contributed by atoms with Crippen LogP contribution < -0.4 is 10.6 Å². The van der Waals surface area contributed by atoms with E-state index >= 15 is 0 Å². The number of nitrogens with one attached hydrogen (secondary N) is 2. The zero-order valence-electron chi connectivity index (χ0n) is 14.3. The van der Waals surface area contributed by atoms with Crippen molar-refractivity contribution in [2.45, 2.75) is 70.7 Å². The predicted molar refractivity (Wildman–Crippen MR) is 86.9 cm³/mol. The van der Waals surface area contributed by atoms with E-state index in [4.69, 9.17) is 14.3 Å². The molecule has 1 aliphatic carbocycles. The fourth-order valence-corrected chi connectivity index (χ4v) is 2.90. The van der Waals surface area contributed by atoms with Gasteiger partial charge in [0.1, 0.15) is 23.7 Å². The molecule has 130 valence electrons. The first-order chi connectivity index (χ1) is 10.8. The third-order valence-electron chi connectivity index (χ3n) is 4.04. The van der Waals surface area contributed by atoms with E-state index in [9.17, 15) is 4.79 Å². The number of hydrogen-bond acceptors (Lipinski definition) is 5. The van der Waals surface area contributed by atoms with Crippen molar-refractivity contribution in [2.75, 3.05) is 6.54 Å². The summed E-state index contributed by atoms with van der Waals surface area (Å²) in [4.78, 5) is 11.9. The van der Waals surface area contributed by atoms with Crippen molar-refractivity contribution in [3.8, 4) is 0 Å². The van der Waals surface area contributed by atoms with Crippen LogP contribution in [-0.4, -0.2) is 28.9 Å². The SMILES string of the molecule is CC(C)(C)OC(=O)NCC1(NCc2ccc(CO)o2)CCCC1. The summed E-state index contributed by atoms with van der Waals surface area (Å²) in [6, 6.07) is 3.64. The highest BCUT2D eigenvalue weighted by molar-refractivity contribution is 5.67. The summed E-state index contributed by atoms with van der Waals surface area (Å²) in [7, 11) is 0. The van der Waals surface area contributed by atoms with Crippen molar-refractivity contribution < 1.29 is 19.1 Å². The first-order valence-corrected chi connectivity index (χ1v) is 8.22. The van der Waals surface area contributed by atoms with Crippen LogP contribution in [0.25, 0.3) is 0 Å². The molecule has 0 unspecified atom stereocenters. The van der Waals surface area contributed by atoms with E-state index in [0.717, 1.165) is 31.4 Å². The molecule has 3 N–H and O–H groups in total. The van der Waals surface area contributed by atoms with E-state index in [2.05, 4.69) is 10.6 Å². The summed E-state index contributed by atoms with van der Waals surface area (Å²) in [6.07, 6.45) is 3.92. The lowest BCUT2D eigenvalue weighted by Gasteiger charge is -2.31. The lowest BCUT2D eigenvalue weighted by Crippen LogP contribution is -2.51. The highest BCUT2D eigenvalue weighted by Gasteiger charge is 2.34. The second-order valence-corrected chi connectivity index (χ2v) is 7.22. The second-order valence-electron chi connectivity index (χ2n) is 7.22. The second kappa shape index (κ2) is 7.36. The van der Waals surface area contributed by atoms with Crippen LogP contribution in [0.1, 0.15) is 58.0 Å². The van der Waals surface area contributed by atoms with Gasteiger partial charge in [-0.05, 0) is 45.7 Å². The maximum atomic E-state index is 11.9. The number of carbonyl (C=O) groups excluding carboxylic acids is 1. The van der Waals surface area contributed by atoms with Gasteiger partial charge in [0.25, 0.3) is 0 Å². The molecule has 0 bridgehead atoms. The molecule has 1 aromatic rings. The average molecular weight is 324 g/mol. The van der Waals surface area contributed by atoms with Gasteiger partial charge in [-0.15, -0.1) is 0 Å². The Bertz CT molecular complexity index is 513. The van der Waals surface area contributed by atoms with Gasteiger partial charge in [0.2, 0.25) is 0 Å². The van der Waals surface area contributed by atoms with Crippen molar-refractivity contribution >= 4 is 6.09 Å². The standard InChI is InChI=1S/C17H28N2O4/c1-16(2,3)23-15(21)18-12-17(8-4-5-9-17)19-10-13-6-7-14(11-20)22-13/h6-7,19-20H,4-5,8-12H2,1-3H3,(H,18,21). The summed E-state index contributed by atoms with van der Waals surface area (Å²) in [5, 5.41) is 15.4. The molecule has 1 saturated carbocycles. The molecule has 1 heterocycles. The van der Waals surface area contributed by atoms with Crippen molar-refractivity contribution in [3.63, 3.8) is 0 Å². The molecule has 1 aliphatic rings. The maximum absolute atomic E-state index is 11.9. The first kappa shape index (κ1) is 17.8. The molecule has 23 heavy (non-hydrogen) atoms. The van der Waals surface area contributed by atoms with Crippen molar-refractivity contribution in [2.24, 2.45) is 0 Å². The van der Waals surface area contributed by atoms with Crippen LogP contribution in [0.3, 0.4) is 0 Å². The molecule has 6 heteroatoms. The minimum Gasteiger partial charge on any atom is -0.462 e. The Balaban J connectivity index is 1.87. The molecule has 0 saturated heterocycles. The summed E-state index contributed by atoms with van der Waals surface area (Å²) in [5.74, 6) is 1.35. The number of alkyl carbamates (subject to hydrolysis) is 1. The number of ether oxygens (including phenoxy) is 1. The quantitative estimate of drug-likeness (QED) is 0.749. The Morgan fingerprint density at radius 1 is 1.30 bits per heavy atom. The van der Waals surface area contributed by atoms with Crippen LogP contribution in [0.2, 0.25) is 0 Å². The number of aliphatic hydroxyl groups excluding tert-OH is 1. The molecular weight excluding hydrogens is 296 g/mol. The lowest BCUT2D eigenvalue weighted by molar-refractivity contribution is 0.0509. The van der Waals surface area contributed by atoms with Crippen LogP contribution in [-0.2, 0) is 17.9 Å². The topological polar surface area (TPSA) is 83.7 Å². The Morgan fingerprint density at radius 2 is 1.96 bits per heavy atom. The fraction of sp³-hybridized carbons (Fsp3) is 0.706. The number of amides is 1. The predicted octanol–water partition coefficient (Wildman–Crippen LogP) is 2.70. The Kier molecular flexibility index (Phi) is 5.70. The molecule has 0 aliphatic heterocycles. The van der Waals surface area contributed by atoms with E-state index in [1.807, 2.05) is 26.8 Å². The number of rotatable bonds is 6. The summed E-state index contributed by atoms with van der Waals surface area (Å²) in [6.45, 7) is 6.58. The summed E-state index contributed by atoms with van der Waals surface area (Å²) < 4.78 is 10.8. The normalized spacial score (nSPS) is 17.2. The molecule has 0 aromatic carbocycles. The third-order valence-corrected chi connectivity index (χ3v) is 4.04. The van der Waals surface area contributed by atoms with Crippen molar-refractivity contribution in [1.82, 2.24) is 10.6 Å². The molecule has 6 nitrogen and oxygen atoms in total. The van der Waals surface area contributed by atoms with Crippen LogP contribution >= 0.6 is 0 Å². The van der Waals surface area contributed by atoms with Gasteiger partial charge in [-0.2, -0.15) is 0 Å². The van der Waals surface area contributed by atoms with Gasteiger partial charge in [0.15, 0.2) is 0 Å². The van der Waals surface area contributed by atoms with E-state index in [0.29, 0.717) is 18.8 Å². The fourth-order valence-electron chi connectivity index (χ4n) is 2.90. The van der Waals surface area contributed by atoms with Gasteiger partial charge in [-0.1, -0.05) is 12.8 Å². The van der Waals surface area contributed by atoms with Gasteiger partial charge >= 0.3 is 6.09 Å². The summed E-state index contributed by atoms with van der Waals surface area (Å²) >= 11 is 0. The van der Waals surface area contributed by atoms with Crippen LogP contribution in [0.4, 0.5) is 4.79 Å². The summed E-state index contributed by atoms with van der Waals surface area (Å²) in [5.41, 5.74) is -0.613. The molecule has 1 fully saturated rings. The maximum Gasteiger partial charge on any atom is 0.407 e. The molecule has 2 rings (SSSR count). The monoisotopic (exact) mass is 324 g/mol. The molecule has 1 amide bonds. The first-order valence-electron chi connectivity index (χ1n) is 8.22. The smallest absolute Gasteiger partial charge is 0.407 e. The van der Waals surface area contributed by atoms with E-state index in [-0.39, 0.29) is 18.2 Å². The number of hydrogen-bond donors (Lipinski definition) is 3. The van der Waals surface area contributed by atoms with E-state index in [1.54, 1.807) is 6.07 Å². The number of carbonyl (C=O) groups is 1. The van der Waals surface area contributed by atoms with Gasteiger partial charge in [-0.3, -0.25) is 0 Å². The number of furan rings is 1. The zero-order chi connectivity index (χ0) is 16.9. The van der Waals surface area contributed by atoms with Crippen molar-refractivity contribution in [3.05, 3.63) is 23.7 Å². The average Bonchev–Trinajstić information content (AvgIpc) is 3.11. The van der Waals surface area contributed by atoms with Crippen LogP contribution in [0, 0.1) is 0 Å². The van der Waals surface area contributed by atoms with Gasteiger partial charge in [0, 0.05) is 12.1 Å². The van der Waals surface area contributed by atoms with Gasteiger partial charge in [0.05, 0.1) is 6.54 Å². The molecular formula is C17H28N2O4. The lowest BCUT2D eigenvalue weighted by atomic mass is 9.97. The largest absolute Gasteiger partial charge is 0.462 e. The minimum atomic E-state index is -0.491. The zero-order valence-corrected chi connectivity index (χ0v) is 14.3. The Hall–Kier alpha value is -1.53. The highest BCUT2D eigenvalue weighted by atomic mass is 16.6. The van der Waals surface area contributed by atoms with Gasteiger partial charge in [-0.25, -0.2) is 4.79 Å². The highest BCUT2D eigenvalue weighted by Crippen LogP contribution is 2.29. The molecule has 0 atom stereocenters. The van der Waals surface area contributed by atoms with Gasteiger partial charge < -0.3 is 24.9 Å². The molecule has 0 spiro atoms. The van der Waals surface area contributed by atoms with E-state index in [1.165, 1.54) is 0 Å². The Labute approximate surface area is 137 Å². The third kappa shape index (κ3) is 5.55. The minimum absolute atomic E-state index is 0.0919.